The number of piperidine rings is 1. The van der Waals surface area contributed by atoms with E-state index in [4.69, 9.17) is 24.5 Å². The average molecular weight is 519 g/mol. The molecule has 0 aromatic heterocycles. The molecule has 0 saturated carbocycles. The Hall–Kier alpha value is -3.71. The molecule has 1 aromatic carbocycles. The predicted molar refractivity (Wildman–Crippen MR) is 127 cm³/mol. The van der Waals surface area contributed by atoms with Crippen LogP contribution in [0.5, 0.6) is 5.75 Å². The number of imide groups is 1. The first-order chi connectivity index (χ1) is 18.0. The molecule has 2 heterocycles. The minimum absolute atomic E-state index is 0.163. The Morgan fingerprint density at radius 2 is 1.84 bits per heavy atom. The van der Waals surface area contributed by atoms with Crippen LogP contribution in [0.4, 0.5) is 0 Å². The SMILES string of the molecule is [N-]=[N+]=NCCOCCOCCOCCNC(=O)COc1cccc2c1CN(C1CCC(=O)NC1=O)C2=O. The van der Waals surface area contributed by atoms with Gasteiger partial charge >= 0.3 is 0 Å². The van der Waals surface area contributed by atoms with Crippen molar-refractivity contribution in [2.45, 2.75) is 25.4 Å². The van der Waals surface area contributed by atoms with Gasteiger partial charge in [-0.1, -0.05) is 11.2 Å². The second kappa shape index (κ2) is 14.8. The zero-order valence-corrected chi connectivity index (χ0v) is 20.3. The number of hydrogen-bond donors (Lipinski definition) is 2. The van der Waals surface area contributed by atoms with Crippen LogP contribution < -0.4 is 15.4 Å². The Balaban J connectivity index is 1.30. The Morgan fingerprint density at radius 3 is 2.57 bits per heavy atom. The smallest absolute Gasteiger partial charge is 0.258 e. The molecule has 3 rings (SSSR count). The van der Waals surface area contributed by atoms with Gasteiger partial charge in [0.1, 0.15) is 11.8 Å². The van der Waals surface area contributed by atoms with Gasteiger partial charge in [-0.3, -0.25) is 24.5 Å². The highest BCUT2D eigenvalue weighted by Crippen LogP contribution is 2.33. The minimum atomic E-state index is -0.720. The van der Waals surface area contributed by atoms with Crippen LogP contribution in [0.15, 0.2) is 23.3 Å². The quantitative estimate of drug-likeness (QED) is 0.103. The molecule has 2 aliphatic rings. The van der Waals surface area contributed by atoms with Crippen LogP contribution in [-0.4, -0.2) is 93.9 Å². The molecule has 0 radical (unpaired) electrons. The highest BCUT2D eigenvalue weighted by molar-refractivity contribution is 6.05. The van der Waals surface area contributed by atoms with Crippen molar-refractivity contribution in [3.8, 4) is 5.75 Å². The van der Waals surface area contributed by atoms with Crippen molar-refractivity contribution in [1.29, 1.82) is 0 Å². The van der Waals surface area contributed by atoms with Gasteiger partial charge < -0.3 is 29.2 Å². The summed E-state index contributed by atoms with van der Waals surface area (Å²) in [6.07, 6.45) is 0.443. The third-order valence-electron chi connectivity index (χ3n) is 5.61. The summed E-state index contributed by atoms with van der Waals surface area (Å²) in [6, 6.07) is 4.25. The lowest BCUT2D eigenvalue weighted by Gasteiger charge is -2.29. The van der Waals surface area contributed by atoms with Crippen LogP contribution in [-0.2, 0) is 35.1 Å². The Labute approximate surface area is 213 Å². The second-order valence-electron chi connectivity index (χ2n) is 8.11. The lowest BCUT2D eigenvalue weighted by Crippen LogP contribution is -2.52. The predicted octanol–water partition coefficient (Wildman–Crippen LogP) is 0.303. The van der Waals surface area contributed by atoms with Crippen molar-refractivity contribution in [2.75, 3.05) is 59.3 Å². The van der Waals surface area contributed by atoms with Crippen molar-refractivity contribution in [3.63, 3.8) is 0 Å². The van der Waals surface area contributed by atoms with Crippen LogP contribution in [0.25, 0.3) is 10.4 Å². The standard InChI is InChI=1S/C23H30N6O8/c24-28-26-7-9-35-11-13-36-12-10-34-8-6-25-21(31)15-37-19-3-1-2-16-17(19)14-29(23(16)33)18-4-5-20(30)27-22(18)32/h1-3,18H,4-15H2,(H,25,31)(H,27,30,32). The van der Waals surface area contributed by atoms with E-state index in [2.05, 4.69) is 20.7 Å². The molecule has 0 aliphatic carbocycles. The number of amides is 4. The van der Waals surface area contributed by atoms with Gasteiger partial charge in [0, 0.05) is 35.5 Å². The van der Waals surface area contributed by atoms with Crippen molar-refractivity contribution in [1.82, 2.24) is 15.5 Å². The molecule has 2 aliphatic heterocycles. The molecule has 14 heteroatoms. The summed E-state index contributed by atoms with van der Waals surface area (Å²) in [6.45, 7) is 2.67. The number of azide groups is 1. The molecule has 4 amide bonds. The minimum Gasteiger partial charge on any atom is -0.483 e. The Morgan fingerprint density at radius 1 is 1.11 bits per heavy atom. The van der Waals surface area contributed by atoms with E-state index < -0.39 is 11.9 Å². The highest BCUT2D eigenvalue weighted by Gasteiger charge is 2.40. The first-order valence-corrected chi connectivity index (χ1v) is 11.9. The Kier molecular flexibility index (Phi) is 11.1. The maximum absolute atomic E-state index is 12.8. The van der Waals surface area contributed by atoms with Crippen LogP contribution in [0.2, 0.25) is 0 Å². The molecule has 2 N–H and O–H groups in total. The van der Waals surface area contributed by atoms with E-state index in [1.165, 1.54) is 4.90 Å². The van der Waals surface area contributed by atoms with E-state index in [0.717, 1.165) is 0 Å². The van der Waals surface area contributed by atoms with Crippen molar-refractivity contribution >= 4 is 23.6 Å². The molecule has 0 bridgehead atoms. The van der Waals surface area contributed by atoms with Crippen LogP contribution in [0.1, 0.15) is 28.8 Å². The zero-order valence-electron chi connectivity index (χ0n) is 20.3. The van der Waals surface area contributed by atoms with E-state index in [0.29, 0.717) is 63.1 Å². The highest BCUT2D eigenvalue weighted by atomic mass is 16.5. The summed E-state index contributed by atoms with van der Waals surface area (Å²) in [4.78, 5) is 52.7. The molecule has 1 atom stereocenters. The summed E-state index contributed by atoms with van der Waals surface area (Å²) >= 11 is 0. The lowest BCUT2D eigenvalue weighted by molar-refractivity contribution is -0.137. The fourth-order valence-electron chi connectivity index (χ4n) is 3.84. The fraction of sp³-hybridized carbons (Fsp3) is 0.565. The summed E-state index contributed by atoms with van der Waals surface area (Å²) in [5, 5.41) is 8.31. The number of ether oxygens (including phenoxy) is 4. The number of fused-ring (bicyclic) bond motifs is 1. The summed E-state index contributed by atoms with van der Waals surface area (Å²) in [5.41, 5.74) is 9.16. The van der Waals surface area contributed by atoms with Gasteiger partial charge in [-0.2, -0.15) is 0 Å². The molecule has 1 unspecified atom stereocenters. The second-order valence-corrected chi connectivity index (χ2v) is 8.11. The molecule has 1 fully saturated rings. The number of nitrogens with zero attached hydrogens (tertiary/aromatic N) is 4. The maximum atomic E-state index is 12.8. The topological polar surface area (TPSA) is 181 Å². The number of hydrogen-bond acceptors (Lipinski definition) is 9. The molecule has 37 heavy (non-hydrogen) atoms. The van der Waals surface area contributed by atoms with Gasteiger partial charge in [0.05, 0.1) is 46.2 Å². The largest absolute Gasteiger partial charge is 0.483 e. The van der Waals surface area contributed by atoms with Gasteiger partial charge in [0.2, 0.25) is 11.8 Å². The van der Waals surface area contributed by atoms with Crippen molar-refractivity contribution in [2.24, 2.45) is 5.11 Å². The molecular formula is C23H30N6O8. The first kappa shape index (κ1) is 27.9. The van der Waals surface area contributed by atoms with Crippen LogP contribution >= 0.6 is 0 Å². The van der Waals surface area contributed by atoms with Gasteiger partial charge in [-0.25, -0.2) is 0 Å². The van der Waals surface area contributed by atoms with E-state index >= 15 is 0 Å². The molecular weight excluding hydrogens is 488 g/mol. The lowest BCUT2D eigenvalue weighted by atomic mass is 10.0. The average Bonchev–Trinajstić information content (AvgIpc) is 3.22. The van der Waals surface area contributed by atoms with E-state index in [1.54, 1.807) is 18.2 Å². The Bertz CT molecular complexity index is 1030. The van der Waals surface area contributed by atoms with Gasteiger partial charge in [0.15, 0.2) is 6.61 Å². The molecule has 14 nitrogen and oxygen atoms in total. The number of benzene rings is 1. The fourth-order valence-corrected chi connectivity index (χ4v) is 3.84. The van der Waals surface area contributed by atoms with Crippen molar-refractivity contribution in [3.05, 3.63) is 39.8 Å². The molecule has 200 valence electrons. The van der Waals surface area contributed by atoms with E-state index in [-0.39, 0.29) is 50.3 Å². The molecule has 1 saturated heterocycles. The third kappa shape index (κ3) is 8.43. The first-order valence-electron chi connectivity index (χ1n) is 11.9. The van der Waals surface area contributed by atoms with Gasteiger partial charge in [0.25, 0.3) is 11.8 Å². The number of rotatable bonds is 16. The number of nitrogens with one attached hydrogen (secondary N) is 2. The summed E-state index contributed by atoms with van der Waals surface area (Å²) in [5.74, 6) is -1.09. The summed E-state index contributed by atoms with van der Waals surface area (Å²) in [7, 11) is 0. The van der Waals surface area contributed by atoms with Crippen LogP contribution in [0, 0.1) is 0 Å². The van der Waals surface area contributed by atoms with Gasteiger partial charge in [-0.05, 0) is 24.1 Å². The van der Waals surface area contributed by atoms with Gasteiger partial charge in [-0.15, -0.1) is 0 Å². The maximum Gasteiger partial charge on any atom is 0.258 e. The van der Waals surface area contributed by atoms with Crippen molar-refractivity contribution < 1.29 is 38.1 Å². The van der Waals surface area contributed by atoms with Crippen LogP contribution in [0.3, 0.4) is 0 Å². The van der Waals surface area contributed by atoms with E-state index in [9.17, 15) is 19.2 Å². The normalized spacial score (nSPS) is 16.7. The molecule has 1 aromatic rings. The number of carbonyl (C=O) groups is 4. The summed E-state index contributed by atoms with van der Waals surface area (Å²) < 4.78 is 21.6. The molecule has 0 spiro atoms. The third-order valence-corrected chi connectivity index (χ3v) is 5.61. The van der Waals surface area contributed by atoms with E-state index in [1.807, 2.05) is 0 Å². The zero-order chi connectivity index (χ0) is 26.5. The number of carbonyl (C=O) groups excluding carboxylic acids is 4. The monoisotopic (exact) mass is 518 g/mol.